The van der Waals surface area contributed by atoms with Crippen LogP contribution >= 0.6 is 0 Å². The quantitative estimate of drug-likeness (QED) is 0.568. The number of piperazine rings is 1. The Bertz CT molecular complexity index is 1270. The zero-order valence-corrected chi connectivity index (χ0v) is 20.2. The van der Waals surface area contributed by atoms with E-state index in [1.165, 1.54) is 7.11 Å². The number of rotatable bonds is 4. The summed E-state index contributed by atoms with van der Waals surface area (Å²) in [5.41, 5.74) is 3.76. The van der Waals surface area contributed by atoms with E-state index < -0.39 is 24.1 Å². The normalized spacial score (nSPS) is 21.6. The molecule has 3 amide bonds. The minimum Gasteiger partial charge on any atom is -0.467 e. The zero-order valence-electron chi connectivity index (χ0n) is 20.2. The van der Waals surface area contributed by atoms with Gasteiger partial charge in [0, 0.05) is 42.0 Å². The Morgan fingerprint density at radius 1 is 1.11 bits per heavy atom. The van der Waals surface area contributed by atoms with Crippen molar-refractivity contribution in [1.82, 2.24) is 20.1 Å². The molecule has 3 aromatic rings. The second-order valence-electron chi connectivity index (χ2n) is 9.53. The summed E-state index contributed by atoms with van der Waals surface area (Å²) >= 11 is 0. The molecule has 0 aliphatic carbocycles. The molecule has 5 rings (SSSR count). The fraction of sp³-hybridized carbons (Fsp3) is 0.370. The van der Waals surface area contributed by atoms with Gasteiger partial charge in [0.25, 0.3) is 0 Å². The Morgan fingerprint density at radius 2 is 1.83 bits per heavy atom. The minimum absolute atomic E-state index is 0.0779. The van der Waals surface area contributed by atoms with Crippen LogP contribution in [-0.2, 0) is 27.2 Å². The second kappa shape index (κ2) is 9.09. The molecule has 0 bridgehead atoms. The fourth-order valence-electron chi connectivity index (χ4n) is 5.40. The number of carbonyl (C=O) groups excluding carboxylic acids is 3. The summed E-state index contributed by atoms with van der Waals surface area (Å²) < 4.78 is 5.14. The summed E-state index contributed by atoms with van der Waals surface area (Å²) in [5, 5.41) is 3.98. The molecule has 0 saturated carbocycles. The van der Waals surface area contributed by atoms with Crippen LogP contribution in [0.15, 0.2) is 54.6 Å². The first-order valence-electron chi connectivity index (χ1n) is 12.0. The molecule has 35 heavy (non-hydrogen) atoms. The Morgan fingerprint density at radius 3 is 2.54 bits per heavy atom. The molecule has 1 aromatic heterocycles. The molecule has 8 heteroatoms. The molecule has 1 saturated heterocycles. The van der Waals surface area contributed by atoms with Gasteiger partial charge in [0.2, 0.25) is 5.91 Å². The van der Waals surface area contributed by atoms with Crippen molar-refractivity contribution in [3.8, 4) is 0 Å². The third kappa shape index (κ3) is 4.03. The van der Waals surface area contributed by atoms with Crippen LogP contribution in [0.25, 0.3) is 10.9 Å². The van der Waals surface area contributed by atoms with E-state index in [1.807, 2.05) is 68.4 Å². The monoisotopic (exact) mass is 474 g/mol. The zero-order chi connectivity index (χ0) is 24.7. The third-order valence-electron chi connectivity index (χ3n) is 6.95. The van der Waals surface area contributed by atoms with E-state index in [-0.39, 0.29) is 24.5 Å². The number of esters is 1. The van der Waals surface area contributed by atoms with Crippen molar-refractivity contribution in [1.29, 1.82) is 0 Å². The van der Waals surface area contributed by atoms with Crippen molar-refractivity contribution >= 4 is 28.8 Å². The first kappa shape index (κ1) is 23.0. The molecule has 8 nitrogen and oxygen atoms in total. The van der Waals surface area contributed by atoms with Crippen LogP contribution in [0.1, 0.15) is 36.7 Å². The molecule has 2 aliphatic heterocycles. The lowest BCUT2D eigenvalue weighted by molar-refractivity contribution is -0.162. The Balaban J connectivity index is 1.61. The van der Waals surface area contributed by atoms with Gasteiger partial charge in [-0.2, -0.15) is 0 Å². The molecule has 182 valence electrons. The number of para-hydroxylation sites is 1. The summed E-state index contributed by atoms with van der Waals surface area (Å²) in [6.45, 7) is 4.06. The minimum atomic E-state index is -0.752. The third-order valence-corrected chi connectivity index (χ3v) is 6.95. The molecule has 3 heterocycles. The van der Waals surface area contributed by atoms with Gasteiger partial charge in [-0.05, 0) is 31.0 Å². The van der Waals surface area contributed by atoms with Crippen LogP contribution in [0.3, 0.4) is 0 Å². The highest BCUT2D eigenvalue weighted by Gasteiger charge is 2.51. The van der Waals surface area contributed by atoms with Crippen molar-refractivity contribution in [2.24, 2.45) is 0 Å². The van der Waals surface area contributed by atoms with Crippen molar-refractivity contribution < 1.29 is 19.1 Å². The first-order valence-corrected chi connectivity index (χ1v) is 12.0. The van der Waals surface area contributed by atoms with Crippen molar-refractivity contribution in [2.45, 2.75) is 50.9 Å². The lowest BCUT2D eigenvalue weighted by Gasteiger charge is -2.50. The largest absolute Gasteiger partial charge is 0.467 e. The second-order valence-corrected chi connectivity index (χ2v) is 9.53. The van der Waals surface area contributed by atoms with Crippen LogP contribution in [0.2, 0.25) is 0 Å². The highest BCUT2D eigenvalue weighted by atomic mass is 16.5. The van der Waals surface area contributed by atoms with Crippen LogP contribution in [0.4, 0.5) is 4.79 Å². The van der Waals surface area contributed by atoms with E-state index in [2.05, 4.69) is 10.3 Å². The molecular formula is C27H30N4O4. The van der Waals surface area contributed by atoms with E-state index in [0.29, 0.717) is 12.8 Å². The van der Waals surface area contributed by atoms with Gasteiger partial charge in [0.15, 0.2) is 0 Å². The van der Waals surface area contributed by atoms with E-state index in [9.17, 15) is 14.4 Å². The number of ether oxygens (including phenoxy) is 1. The Kier molecular flexibility index (Phi) is 5.96. The van der Waals surface area contributed by atoms with Gasteiger partial charge >= 0.3 is 12.0 Å². The van der Waals surface area contributed by atoms with Crippen LogP contribution in [0, 0.1) is 0 Å². The molecule has 2 N–H and O–H groups in total. The van der Waals surface area contributed by atoms with E-state index in [1.54, 1.807) is 9.80 Å². The van der Waals surface area contributed by atoms with E-state index in [4.69, 9.17) is 4.74 Å². The summed E-state index contributed by atoms with van der Waals surface area (Å²) in [7, 11) is 1.35. The maximum absolute atomic E-state index is 14.1. The first-order chi connectivity index (χ1) is 16.9. The number of aromatic nitrogens is 1. The maximum Gasteiger partial charge on any atom is 0.328 e. The number of benzene rings is 2. The van der Waals surface area contributed by atoms with Gasteiger partial charge in [-0.1, -0.05) is 48.5 Å². The summed E-state index contributed by atoms with van der Waals surface area (Å²) in [6.07, 6.45) is 0.729. The topological polar surface area (TPSA) is 94.7 Å². The molecule has 0 spiro atoms. The number of fused-ring (bicyclic) bond motifs is 5. The van der Waals surface area contributed by atoms with Crippen molar-refractivity contribution in [2.75, 3.05) is 13.7 Å². The number of nitrogens with one attached hydrogen (secondary N) is 2. The highest BCUT2D eigenvalue weighted by molar-refractivity contribution is 5.94. The Labute approximate surface area is 204 Å². The standard InChI is InChI=1S/C27H30N4O4/c1-16(2)28-27(34)30-15-23-24-19(18-11-7-8-12-20(18)29-24)14-22(26(33)35-3)31(23)25(32)21(30)13-17-9-5-4-6-10-17/h4-12,16,21-23,29H,13-15H2,1-3H3,(H,28,34)/t21-,22-,23-/m0/s1. The SMILES string of the molecule is COC(=O)[C@@H]1Cc2c([nH]c3ccccc23)[C@@H]2CN(C(=O)NC(C)C)[C@@H](Cc3ccccc3)C(=O)N12. The van der Waals surface area contributed by atoms with Gasteiger partial charge in [0.1, 0.15) is 12.1 Å². The summed E-state index contributed by atoms with van der Waals surface area (Å²) in [6, 6.07) is 15.2. The van der Waals surface area contributed by atoms with Crippen LogP contribution in [0.5, 0.6) is 0 Å². The van der Waals surface area contributed by atoms with Gasteiger partial charge in [-0.3, -0.25) is 4.79 Å². The smallest absolute Gasteiger partial charge is 0.328 e. The van der Waals surface area contributed by atoms with E-state index in [0.717, 1.165) is 27.7 Å². The van der Waals surface area contributed by atoms with Gasteiger partial charge < -0.3 is 24.8 Å². The molecular weight excluding hydrogens is 444 g/mol. The average Bonchev–Trinajstić information content (AvgIpc) is 3.23. The molecule has 2 aromatic carbocycles. The van der Waals surface area contributed by atoms with Gasteiger partial charge in [-0.15, -0.1) is 0 Å². The molecule has 3 atom stereocenters. The van der Waals surface area contributed by atoms with Crippen molar-refractivity contribution in [3.05, 3.63) is 71.4 Å². The number of aromatic amines is 1. The fourth-order valence-corrected chi connectivity index (χ4v) is 5.40. The van der Waals surface area contributed by atoms with Gasteiger partial charge in [0.05, 0.1) is 13.2 Å². The van der Waals surface area contributed by atoms with Crippen LogP contribution in [-0.4, -0.2) is 64.5 Å². The molecule has 0 radical (unpaired) electrons. The Hall–Kier alpha value is -3.81. The van der Waals surface area contributed by atoms with E-state index >= 15 is 0 Å². The number of urea groups is 1. The number of hydrogen-bond donors (Lipinski definition) is 2. The number of nitrogens with zero attached hydrogens (tertiary/aromatic N) is 2. The summed E-state index contributed by atoms with van der Waals surface area (Å²) in [4.78, 5) is 47.1. The lowest BCUT2D eigenvalue weighted by Crippen LogP contribution is -2.67. The van der Waals surface area contributed by atoms with Crippen molar-refractivity contribution in [3.63, 3.8) is 0 Å². The number of H-pyrrole nitrogens is 1. The molecule has 1 fully saturated rings. The number of amides is 3. The predicted molar refractivity (Wildman–Crippen MR) is 132 cm³/mol. The maximum atomic E-state index is 14.1. The average molecular weight is 475 g/mol. The summed E-state index contributed by atoms with van der Waals surface area (Å²) in [5.74, 6) is -0.693. The highest BCUT2D eigenvalue weighted by Crippen LogP contribution is 2.41. The lowest BCUT2D eigenvalue weighted by atomic mass is 9.87. The number of methoxy groups -OCH3 is 1. The molecule has 0 unspecified atom stereocenters. The van der Waals surface area contributed by atoms with Crippen LogP contribution < -0.4 is 5.32 Å². The van der Waals surface area contributed by atoms with Gasteiger partial charge in [-0.25, -0.2) is 9.59 Å². The molecule has 2 aliphatic rings. The predicted octanol–water partition coefficient (Wildman–Crippen LogP) is 3.18. The number of hydrogen-bond acceptors (Lipinski definition) is 4. The number of carbonyl (C=O) groups is 3.